The molecule has 0 N–H and O–H groups in total. The SMILES string of the molecule is CCC(C)c1ccc(-n2c(SCc3c(C)noc3C)nc3ccccc3c2=O)cc1. The molecule has 154 valence electrons. The Morgan fingerprint density at radius 1 is 1.10 bits per heavy atom. The molecule has 1 atom stereocenters. The van der Waals surface area contributed by atoms with E-state index in [2.05, 4.69) is 31.1 Å². The number of fused-ring (bicyclic) bond motifs is 1. The van der Waals surface area contributed by atoms with E-state index in [-0.39, 0.29) is 5.56 Å². The third-order valence-electron chi connectivity index (χ3n) is 5.60. The van der Waals surface area contributed by atoms with Gasteiger partial charge in [-0.3, -0.25) is 9.36 Å². The number of rotatable bonds is 6. The Morgan fingerprint density at radius 2 is 1.83 bits per heavy atom. The fourth-order valence-electron chi connectivity index (χ4n) is 3.47. The second-order valence-electron chi connectivity index (χ2n) is 7.54. The minimum atomic E-state index is -0.0573. The van der Waals surface area contributed by atoms with Gasteiger partial charge < -0.3 is 4.52 Å². The quantitative estimate of drug-likeness (QED) is 0.292. The predicted octanol–water partition coefficient (Wildman–Crippen LogP) is 5.80. The van der Waals surface area contributed by atoms with E-state index in [1.807, 2.05) is 50.2 Å². The van der Waals surface area contributed by atoms with Gasteiger partial charge in [0.1, 0.15) is 5.76 Å². The Balaban J connectivity index is 1.81. The summed E-state index contributed by atoms with van der Waals surface area (Å²) in [4.78, 5) is 18.2. The molecule has 30 heavy (non-hydrogen) atoms. The molecule has 0 saturated carbocycles. The Bertz CT molecular complexity index is 1220. The molecule has 0 aliphatic carbocycles. The lowest BCUT2D eigenvalue weighted by Gasteiger charge is -2.15. The topological polar surface area (TPSA) is 60.9 Å². The van der Waals surface area contributed by atoms with Crippen molar-refractivity contribution in [3.63, 3.8) is 0 Å². The summed E-state index contributed by atoms with van der Waals surface area (Å²) in [5.41, 5.74) is 4.66. The molecule has 0 amide bonds. The van der Waals surface area contributed by atoms with Crippen LogP contribution in [0.1, 0.15) is 48.8 Å². The molecule has 0 spiro atoms. The van der Waals surface area contributed by atoms with Crippen LogP contribution < -0.4 is 5.56 Å². The smallest absolute Gasteiger partial charge is 0.266 e. The Labute approximate surface area is 180 Å². The number of thioether (sulfide) groups is 1. The molecule has 1 unspecified atom stereocenters. The molecule has 4 aromatic rings. The predicted molar refractivity (Wildman–Crippen MR) is 122 cm³/mol. The molecule has 2 aromatic carbocycles. The molecule has 0 aliphatic heterocycles. The summed E-state index contributed by atoms with van der Waals surface area (Å²) in [5.74, 6) is 1.92. The van der Waals surface area contributed by atoms with Crippen LogP contribution in [-0.2, 0) is 5.75 Å². The molecule has 0 bridgehead atoms. The molecular weight excluding hydrogens is 394 g/mol. The maximum atomic E-state index is 13.4. The normalized spacial score (nSPS) is 12.4. The fourth-order valence-corrected chi connectivity index (χ4v) is 4.64. The molecule has 6 heteroatoms. The summed E-state index contributed by atoms with van der Waals surface area (Å²) >= 11 is 1.52. The highest BCUT2D eigenvalue weighted by Crippen LogP contribution is 2.28. The lowest BCUT2D eigenvalue weighted by atomic mass is 9.98. The summed E-state index contributed by atoms with van der Waals surface area (Å²) in [7, 11) is 0. The van der Waals surface area contributed by atoms with Crippen LogP contribution in [0.3, 0.4) is 0 Å². The molecule has 0 saturated heterocycles. The molecule has 0 aliphatic rings. The van der Waals surface area contributed by atoms with E-state index >= 15 is 0 Å². The van der Waals surface area contributed by atoms with Crippen molar-refractivity contribution in [2.45, 2.75) is 50.9 Å². The molecule has 2 heterocycles. The van der Waals surface area contributed by atoms with Crippen LogP contribution in [0, 0.1) is 13.8 Å². The number of nitrogens with zero attached hydrogens (tertiary/aromatic N) is 3. The zero-order valence-corrected chi connectivity index (χ0v) is 18.5. The van der Waals surface area contributed by atoms with Crippen molar-refractivity contribution in [3.05, 3.63) is 81.5 Å². The van der Waals surface area contributed by atoms with Crippen LogP contribution in [0.2, 0.25) is 0 Å². The molecule has 0 fully saturated rings. The highest BCUT2D eigenvalue weighted by Gasteiger charge is 2.16. The van der Waals surface area contributed by atoms with E-state index in [4.69, 9.17) is 9.51 Å². The lowest BCUT2D eigenvalue weighted by molar-refractivity contribution is 0.392. The van der Waals surface area contributed by atoms with Gasteiger partial charge in [0.15, 0.2) is 5.16 Å². The number of benzene rings is 2. The van der Waals surface area contributed by atoms with E-state index < -0.39 is 0 Å². The van der Waals surface area contributed by atoms with Gasteiger partial charge in [0, 0.05) is 11.3 Å². The van der Waals surface area contributed by atoms with E-state index in [0.717, 1.165) is 29.1 Å². The summed E-state index contributed by atoms with van der Waals surface area (Å²) in [6.07, 6.45) is 1.08. The van der Waals surface area contributed by atoms with Crippen molar-refractivity contribution < 1.29 is 4.52 Å². The highest BCUT2D eigenvalue weighted by molar-refractivity contribution is 7.98. The van der Waals surface area contributed by atoms with Crippen molar-refractivity contribution in [1.29, 1.82) is 0 Å². The second-order valence-corrected chi connectivity index (χ2v) is 8.49. The average molecular weight is 420 g/mol. The van der Waals surface area contributed by atoms with Gasteiger partial charge in [0.2, 0.25) is 0 Å². The summed E-state index contributed by atoms with van der Waals surface area (Å²) in [6, 6.07) is 15.7. The van der Waals surface area contributed by atoms with Crippen molar-refractivity contribution in [2.75, 3.05) is 0 Å². The first kappa shape index (κ1) is 20.4. The van der Waals surface area contributed by atoms with Crippen LogP contribution in [0.15, 0.2) is 63.0 Å². The van der Waals surface area contributed by atoms with E-state index in [1.54, 1.807) is 4.57 Å². The lowest BCUT2D eigenvalue weighted by Crippen LogP contribution is -2.21. The van der Waals surface area contributed by atoms with Gasteiger partial charge in [-0.1, -0.05) is 55.0 Å². The molecule has 2 aromatic heterocycles. The molecular formula is C24H25N3O2S. The minimum absolute atomic E-state index is 0.0573. The van der Waals surface area contributed by atoms with Crippen LogP contribution in [0.4, 0.5) is 0 Å². The van der Waals surface area contributed by atoms with Gasteiger partial charge in [-0.2, -0.15) is 0 Å². The first-order chi connectivity index (χ1) is 14.5. The van der Waals surface area contributed by atoms with Crippen molar-refractivity contribution in [3.8, 4) is 5.69 Å². The maximum absolute atomic E-state index is 13.4. The first-order valence-corrected chi connectivity index (χ1v) is 11.1. The highest BCUT2D eigenvalue weighted by atomic mass is 32.2. The third-order valence-corrected chi connectivity index (χ3v) is 6.57. The maximum Gasteiger partial charge on any atom is 0.266 e. The first-order valence-electron chi connectivity index (χ1n) is 10.2. The van der Waals surface area contributed by atoms with Crippen molar-refractivity contribution in [1.82, 2.24) is 14.7 Å². The zero-order valence-electron chi connectivity index (χ0n) is 17.7. The summed E-state index contributed by atoms with van der Waals surface area (Å²) in [6.45, 7) is 8.23. The second kappa shape index (κ2) is 8.48. The summed E-state index contributed by atoms with van der Waals surface area (Å²) in [5, 5.41) is 5.31. The minimum Gasteiger partial charge on any atom is -0.361 e. The Kier molecular flexibility index (Phi) is 5.77. The van der Waals surface area contributed by atoms with Crippen LogP contribution in [0.25, 0.3) is 16.6 Å². The monoisotopic (exact) mass is 419 g/mol. The van der Waals surface area contributed by atoms with Crippen LogP contribution in [-0.4, -0.2) is 14.7 Å². The van der Waals surface area contributed by atoms with Gasteiger partial charge in [-0.15, -0.1) is 0 Å². The number of para-hydroxylation sites is 1. The average Bonchev–Trinajstić information content (AvgIpc) is 3.09. The molecule has 4 rings (SSSR count). The summed E-state index contributed by atoms with van der Waals surface area (Å²) < 4.78 is 7.00. The van der Waals surface area contributed by atoms with Gasteiger partial charge >= 0.3 is 0 Å². The number of hydrogen-bond acceptors (Lipinski definition) is 5. The van der Waals surface area contributed by atoms with E-state index in [0.29, 0.717) is 27.7 Å². The van der Waals surface area contributed by atoms with Crippen molar-refractivity contribution in [2.24, 2.45) is 0 Å². The standard InChI is InChI=1S/C24H25N3O2S/c1-5-15(2)18-10-12-19(13-11-18)27-23(28)20-8-6-7-9-22(20)25-24(27)30-14-21-16(3)26-29-17(21)4/h6-13,15H,5,14H2,1-4H3. The van der Waals surface area contributed by atoms with Gasteiger partial charge in [0.25, 0.3) is 5.56 Å². The van der Waals surface area contributed by atoms with Gasteiger partial charge in [-0.05, 0) is 56.0 Å². The molecule has 5 nitrogen and oxygen atoms in total. The largest absolute Gasteiger partial charge is 0.361 e. The zero-order chi connectivity index (χ0) is 21.3. The fraction of sp³-hybridized carbons (Fsp3) is 0.292. The number of hydrogen-bond donors (Lipinski definition) is 0. The van der Waals surface area contributed by atoms with Gasteiger partial charge in [0.05, 0.1) is 22.3 Å². The number of aromatic nitrogens is 3. The van der Waals surface area contributed by atoms with E-state index in [9.17, 15) is 4.79 Å². The Morgan fingerprint density at radius 3 is 2.50 bits per heavy atom. The van der Waals surface area contributed by atoms with Crippen LogP contribution in [0.5, 0.6) is 0 Å². The Hall–Kier alpha value is -2.86. The molecule has 0 radical (unpaired) electrons. The van der Waals surface area contributed by atoms with Crippen molar-refractivity contribution >= 4 is 22.7 Å². The van der Waals surface area contributed by atoms with E-state index in [1.165, 1.54) is 17.3 Å². The number of aryl methyl sites for hydroxylation is 2. The van der Waals surface area contributed by atoms with Gasteiger partial charge in [-0.25, -0.2) is 4.98 Å². The third kappa shape index (κ3) is 3.79. The van der Waals surface area contributed by atoms with Crippen LogP contribution >= 0.6 is 11.8 Å².